The lowest BCUT2D eigenvalue weighted by Gasteiger charge is -2.15. The molecule has 1 atom stereocenters. The predicted octanol–water partition coefficient (Wildman–Crippen LogP) is 6.25. The zero-order valence-electron chi connectivity index (χ0n) is 11.3. The molecular weight excluding hydrogens is 403 g/mol. The van der Waals surface area contributed by atoms with Crippen molar-refractivity contribution in [2.45, 2.75) is 19.2 Å². The Balaban J connectivity index is 2.35. The van der Waals surface area contributed by atoms with Crippen molar-refractivity contribution in [1.82, 2.24) is 0 Å². The van der Waals surface area contributed by atoms with Crippen molar-refractivity contribution >= 4 is 43.5 Å². The Labute approximate surface area is 141 Å². The van der Waals surface area contributed by atoms with Gasteiger partial charge >= 0.3 is 0 Å². The number of alkyl halides is 1. The van der Waals surface area contributed by atoms with Crippen molar-refractivity contribution < 1.29 is 4.74 Å². The molecule has 0 radical (unpaired) electrons. The lowest BCUT2D eigenvalue weighted by atomic mass is 10.00. The Morgan fingerprint density at radius 1 is 1.15 bits per heavy atom. The van der Waals surface area contributed by atoms with Crippen molar-refractivity contribution in [3.63, 3.8) is 0 Å². The molecule has 0 saturated carbocycles. The first-order valence-electron chi connectivity index (χ1n) is 6.35. The van der Waals surface area contributed by atoms with Crippen molar-refractivity contribution in [3.05, 3.63) is 62.0 Å². The summed E-state index contributed by atoms with van der Waals surface area (Å²) in [6.45, 7) is 4.68. The minimum atomic E-state index is -0.181. The standard InChI is InChI=1S/C16H15Br2ClO/c1-3-20-15-7-5-11(8-14(15)18)16(19)13-9-12(17)6-4-10(13)2/h4-9,16H,3H2,1-2H3. The Morgan fingerprint density at radius 3 is 2.55 bits per heavy atom. The lowest BCUT2D eigenvalue weighted by molar-refractivity contribution is 0.338. The van der Waals surface area contributed by atoms with Crippen LogP contribution in [0.3, 0.4) is 0 Å². The Bertz CT molecular complexity index is 613. The van der Waals surface area contributed by atoms with Gasteiger partial charge in [0.25, 0.3) is 0 Å². The molecule has 106 valence electrons. The molecule has 0 bridgehead atoms. The molecule has 0 aromatic heterocycles. The van der Waals surface area contributed by atoms with Crippen molar-refractivity contribution in [1.29, 1.82) is 0 Å². The highest BCUT2D eigenvalue weighted by Gasteiger charge is 2.15. The minimum absolute atomic E-state index is 0.181. The van der Waals surface area contributed by atoms with E-state index in [0.29, 0.717) is 6.61 Å². The van der Waals surface area contributed by atoms with E-state index in [0.717, 1.165) is 25.8 Å². The second-order valence-electron chi connectivity index (χ2n) is 4.49. The van der Waals surface area contributed by atoms with Crippen LogP contribution in [0.5, 0.6) is 5.75 Å². The van der Waals surface area contributed by atoms with Crippen molar-refractivity contribution in [2.75, 3.05) is 6.61 Å². The molecule has 0 aliphatic rings. The van der Waals surface area contributed by atoms with E-state index >= 15 is 0 Å². The van der Waals surface area contributed by atoms with Crippen LogP contribution < -0.4 is 4.74 Å². The molecule has 0 aliphatic heterocycles. The highest BCUT2D eigenvalue weighted by atomic mass is 79.9. The highest BCUT2D eigenvalue weighted by Crippen LogP contribution is 2.36. The summed E-state index contributed by atoms with van der Waals surface area (Å²) < 4.78 is 7.48. The number of halogens is 3. The lowest BCUT2D eigenvalue weighted by Crippen LogP contribution is -1.98. The number of ether oxygens (including phenoxy) is 1. The maximum Gasteiger partial charge on any atom is 0.133 e. The first-order valence-corrected chi connectivity index (χ1v) is 8.37. The van der Waals surface area contributed by atoms with Crippen LogP contribution >= 0.6 is 43.5 Å². The van der Waals surface area contributed by atoms with Crippen LogP contribution in [0.2, 0.25) is 0 Å². The molecular formula is C16H15Br2ClO. The van der Waals surface area contributed by atoms with Gasteiger partial charge in [-0.05, 0) is 70.7 Å². The smallest absolute Gasteiger partial charge is 0.133 e. The summed E-state index contributed by atoms with van der Waals surface area (Å²) in [5.74, 6) is 0.839. The predicted molar refractivity (Wildman–Crippen MR) is 91.9 cm³/mol. The second kappa shape index (κ2) is 6.97. The number of benzene rings is 2. The maximum absolute atomic E-state index is 6.63. The van der Waals surface area contributed by atoms with Crippen LogP contribution in [-0.2, 0) is 0 Å². The molecule has 2 rings (SSSR count). The molecule has 0 amide bonds. The van der Waals surface area contributed by atoms with E-state index in [1.165, 1.54) is 5.56 Å². The molecule has 2 aromatic carbocycles. The molecule has 0 heterocycles. The summed E-state index contributed by atoms with van der Waals surface area (Å²) in [7, 11) is 0. The van der Waals surface area contributed by atoms with Gasteiger partial charge in [-0.25, -0.2) is 0 Å². The van der Waals surface area contributed by atoms with Gasteiger partial charge in [-0.2, -0.15) is 0 Å². The minimum Gasteiger partial charge on any atom is -0.493 e. The van der Waals surface area contributed by atoms with Gasteiger partial charge in [0.1, 0.15) is 5.75 Å². The first kappa shape index (κ1) is 15.9. The Morgan fingerprint density at radius 2 is 1.90 bits per heavy atom. The summed E-state index contributed by atoms with van der Waals surface area (Å²) in [5.41, 5.74) is 3.33. The van der Waals surface area contributed by atoms with Crippen LogP contribution in [0.4, 0.5) is 0 Å². The van der Waals surface area contributed by atoms with E-state index in [9.17, 15) is 0 Å². The Kier molecular flexibility index (Phi) is 5.53. The van der Waals surface area contributed by atoms with E-state index in [-0.39, 0.29) is 5.38 Å². The van der Waals surface area contributed by atoms with E-state index in [1.54, 1.807) is 0 Å². The molecule has 2 aromatic rings. The quantitative estimate of drug-likeness (QED) is 0.534. The molecule has 0 fully saturated rings. The SMILES string of the molecule is CCOc1ccc(C(Cl)c2cc(Br)ccc2C)cc1Br. The van der Waals surface area contributed by atoms with Crippen LogP contribution in [0.1, 0.15) is 29.0 Å². The van der Waals surface area contributed by atoms with E-state index in [2.05, 4.69) is 50.9 Å². The fourth-order valence-electron chi connectivity index (χ4n) is 2.01. The van der Waals surface area contributed by atoms with Gasteiger partial charge in [-0.3, -0.25) is 0 Å². The third-order valence-corrected chi connectivity index (χ3v) is 4.66. The fourth-order valence-corrected chi connectivity index (χ4v) is 3.27. The summed E-state index contributed by atoms with van der Waals surface area (Å²) in [6.07, 6.45) is 0. The number of aryl methyl sites for hydroxylation is 1. The summed E-state index contributed by atoms with van der Waals surface area (Å²) in [4.78, 5) is 0. The first-order chi connectivity index (χ1) is 9.52. The van der Waals surface area contributed by atoms with Gasteiger partial charge in [0.15, 0.2) is 0 Å². The molecule has 1 unspecified atom stereocenters. The average Bonchev–Trinajstić information content (AvgIpc) is 2.43. The monoisotopic (exact) mass is 416 g/mol. The zero-order chi connectivity index (χ0) is 14.7. The van der Waals surface area contributed by atoms with Gasteiger partial charge in [0, 0.05) is 4.47 Å². The normalized spacial score (nSPS) is 12.2. The average molecular weight is 419 g/mol. The van der Waals surface area contributed by atoms with Gasteiger partial charge in [-0.1, -0.05) is 28.1 Å². The van der Waals surface area contributed by atoms with Gasteiger partial charge in [0.05, 0.1) is 16.5 Å². The second-order valence-corrected chi connectivity index (χ2v) is 6.69. The van der Waals surface area contributed by atoms with Gasteiger partial charge < -0.3 is 4.74 Å². The van der Waals surface area contributed by atoms with Crippen molar-refractivity contribution in [2.24, 2.45) is 0 Å². The zero-order valence-corrected chi connectivity index (χ0v) is 15.2. The Hall–Kier alpha value is -0.510. The maximum atomic E-state index is 6.63. The number of hydrogen-bond donors (Lipinski definition) is 0. The summed E-state index contributed by atoms with van der Waals surface area (Å²) in [5, 5.41) is -0.181. The topological polar surface area (TPSA) is 9.23 Å². The van der Waals surface area contributed by atoms with Crippen molar-refractivity contribution in [3.8, 4) is 5.75 Å². The third kappa shape index (κ3) is 3.57. The number of hydrogen-bond acceptors (Lipinski definition) is 1. The molecule has 1 nitrogen and oxygen atoms in total. The van der Waals surface area contributed by atoms with Gasteiger partial charge in [0.2, 0.25) is 0 Å². The molecule has 4 heteroatoms. The fraction of sp³-hybridized carbons (Fsp3) is 0.250. The molecule has 20 heavy (non-hydrogen) atoms. The van der Waals surface area contributed by atoms with Crippen LogP contribution in [-0.4, -0.2) is 6.61 Å². The van der Waals surface area contributed by atoms with E-state index in [1.807, 2.05) is 31.2 Å². The van der Waals surface area contributed by atoms with Crippen LogP contribution in [0, 0.1) is 6.92 Å². The molecule has 0 aliphatic carbocycles. The van der Waals surface area contributed by atoms with Gasteiger partial charge in [-0.15, -0.1) is 11.6 Å². The molecule has 0 spiro atoms. The van der Waals surface area contributed by atoms with E-state index < -0.39 is 0 Å². The summed E-state index contributed by atoms with van der Waals surface area (Å²) >= 11 is 13.7. The number of rotatable bonds is 4. The molecule has 0 N–H and O–H groups in total. The largest absolute Gasteiger partial charge is 0.493 e. The van der Waals surface area contributed by atoms with Crippen LogP contribution in [0.25, 0.3) is 0 Å². The summed E-state index contributed by atoms with van der Waals surface area (Å²) in [6, 6.07) is 12.1. The highest BCUT2D eigenvalue weighted by molar-refractivity contribution is 9.10. The molecule has 0 saturated heterocycles. The third-order valence-electron chi connectivity index (χ3n) is 3.06. The van der Waals surface area contributed by atoms with E-state index in [4.69, 9.17) is 16.3 Å². The van der Waals surface area contributed by atoms with Crippen LogP contribution in [0.15, 0.2) is 45.3 Å².